The number of benzene rings is 1. The van der Waals surface area contributed by atoms with Crippen molar-refractivity contribution in [1.29, 1.82) is 0 Å². The number of nitrogens with zero attached hydrogens (tertiary/aromatic N) is 1. The summed E-state index contributed by atoms with van der Waals surface area (Å²) in [6.07, 6.45) is -1.66. The maximum atomic E-state index is 12.7. The van der Waals surface area contributed by atoms with Crippen LogP contribution in [0.15, 0.2) is 33.8 Å². The molecule has 0 fully saturated rings. The van der Waals surface area contributed by atoms with Gasteiger partial charge in [0, 0.05) is 16.2 Å². The van der Waals surface area contributed by atoms with E-state index in [9.17, 15) is 17.2 Å². The quantitative estimate of drug-likeness (QED) is 0.815. The molecule has 0 spiro atoms. The van der Waals surface area contributed by atoms with E-state index >= 15 is 0 Å². The Morgan fingerprint density at radius 1 is 1.09 bits per heavy atom. The first-order chi connectivity index (χ1) is 10.6. The molecular weight excluding hydrogens is 390 g/mol. The van der Waals surface area contributed by atoms with Gasteiger partial charge in [-0.3, -0.25) is 4.72 Å². The van der Waals surface area contributed by atoms with Crippen LogP contribution in [-0.4, -0.2) is 13.4 Å². The Morgan fingerprint density at radius 3 is 2.13 bits per heavy atom. The number of sulfonamides is 1. The molecule has 0 unspecified atom stereocenters. The number of aryl methyl sites for hydroxylation is 3. The molecule has 1 heterocycles. The van der Waals surface area contributed by atoms with Gasteiger partial charge in [-0.25, -0.2) is 22.2 Å². The second kappa shape index (κ2) is 6.52. The van der Waals surface area contributed by atoms with Gasteiger partial charge in [0.25, 0.3) is 16.4 Å². The molecular formula is C15H15BrF2N2O2S. The highest BCUT2D eigenvalue weighted by atomic mass is 79.9. The van der Waals surface area contributed by atoms with E-state index in [0.717, 1.165) is 10.7 Å². The molecule has 8 heteroatoms. The summed E-state index contributed by atoms with van der Waals surface area (Å²) in [6, 6.07) is 4.68. The molecule has 0 saturated heterocycles. The minimum atomic E-state index is -3.86. The van der Waals surface area contributed by atoms with Crippen molar-refractivity contribution in [3.63, 3.8) is 0 Å². The summed E-state index contributed by atoms with van der Waals surface area (Å²) >= 11 is 3.31. The standard InChI is InChI=1S/C15H15BrF2N2O2S/c1-8-6-13(19-7-12(8)15(17)18)20-23(21,22)14-9(2)4-11(16)5-10(14)3/h4-7,15H,1-3H3,(H,19,20). The molecule has 2 rings (SSSR count). The predicted molar refractivity (Wildman–Crippen MR) is 88.4 cm³/mol. The molecule has 2 aromatic rings. The molecule has 0 atom stereocenters. The van der Waals surface area contributed by atoms with Gasteiger partial charge >= 0.3 is 0 Å². The summed E-state index contributed by atoms with van der Waals surface area (Å²) < 4.78 is 53.7. The lowest BCUT2D eigenvalue weighted by atomic mass is 10.2. The van der Waals surface area contributed by atoms with Crippen molar-refractivity contribution in [1.82, 2.24) is 4.98 Å². The molecule has 0 aliphatic heterocycles. The lowest BCUT2D eigenvalue weighted by Crippen LogP contribution is -2.17. The largest absolute Gasteiger partial charge is 0.265 e. The average Bonchev–Trinajstić information content (AvgIpc) is 2.35. The van der Waals surface area contributed by atoms with E-state index in [2.05, 4.69) is 25.6 Å². The first kappa shape index (κ1) is 17.8. The Morgan fingerprint density at radius 2 is 1.65 bits per heavy atom. The van der Waals surface area contributed by atoms with E-state index in [1.807, 2.05) is 0 Å². The van der Waals surface area contributed by atoms with Crippen LogP contribution in [0, 0.1) is 20.8 Å². The number of hydrogen-bond acceptors (Lipinski definition) is 3. The van der Waals surface area contributed by atoms with Crippen LogP contribution >= 0.6 is 15.9 Å². The van der Waals surface area contributed by atoms with Crippen molar-refractivity contribution in [2.45, 2.75) is 32.1 Å². The maximum Gasteiger partial charge on any atom is 0.265 e. The van der Waals surface area contributed by atoms with Gasteiger partial charge in [0.2, 0.25) is 0 Å². The van der Waals surface area contributed by atoms with Gasteiger partial charge in [-0.15, -0.1) is 0 Å². The van der Waals surface area contributed by atoms with Gasteiger partial charge in [-0.2, -0.15) is 0 Å². The third-order valence-electron chi connectivity index (χ3n) is 3.32. The van der Waals surface area contributed by atoms with Crippen molar-refractivity contribution in [2.24, 2.45) is 0 Å². The molecule has 124 valence electrons. The number of aromatic nitrogens is 1. The van der Waals surface area contributed by atoms with Crippen LogP contribution in [0.2, 0.25) is 0 Å². The minimum absolute atomic E-state index is 0.00798. The van der Waals surface area contributed by atoms with Crippen LogP contribution in [-0.2, 0) is 10.0 Å². The second-order valence-electron chi connectivity index (χ2n) is 5.20. The van der Waals surface area contributed by atoms with Gasteiger partial charge in [0.15, 0.2) is 0 Å². The molecule has 0 aliphatic carbocycles. The normalized spacial score (nSPS) is 11.8. The average molecular weight is 405 g/mol. The highest BCUT2D eigenvalue weighted by Gasteiger charge is 2.21. The molecule has 1 N–H and O–H groups in total. The Hall–Kier alpha value is -1.54. The smallest absolute Gasteiger partial charge is 0.263 e. The first-order valence-corrected chi connectivity index (χ1v) is 8.93. The predicted octanol–water partition coefficient (Wildman–Crippen LogP) is 4.51. The van der Waals surface area contributed by atoms with Crippen LogP contribution in [0.4, 0.5) is 14.6 Å². The fourth-order valence-corrected chi connectivity index (χ4v) is 4.50. The molecule has 4 nitrogen and oxygen atoms in total. The molecule has 0 saturated carbocycles. The van der Waals surface area contributed by atoms with Gasteiger partial charge in [-0.05, 0) is 55.7 Å². The van der Waals surface area contributed by atoms with Gasteiger partial charge in [0.1, 0.15) is 5.82 Å². The minimum Gasteiger partial charge on any atom is -0.263 e. The van der Waals surface area contributed by atoms with Gasteiger partial charge < -0.3 is 0 Å². The summed E-state index contributed by atoms with van der Waals surface area (Å²) in [5.41, 5.74) is 1.21. The topological polar surface area (TPSA) is 59.1 Å². The zero-order valence-electron chi connectivity index (χ0n) is 12.7. The number of nitrogens with one attached hydrogen (secondary N) is 1. The molecule has 0 aliphatic rings. The fourth-order valence-electron chi connectivity index (χ4n) is 2.36. The number of hydrogen-bond donors (Lipinski definition) is 1. The van der Waals surface area contributed by atoms with Crippen LogP contribution in [0.1, 0.15) is 28.7 Å². The molecule has 23 heavy (non-hydrogen) atoms. The number of pyridine rings is 1. The fraction of sp³-hybridized carbons (Fsp3) is 0.267. The summed E-state index contributed by atoms with van der Waals surface area (Å²) in [4.78, 5) is 3.92. The van der Waals surface area contributed by atoms with Gasteiger partial charge in [-0.1, -0.05) is 15.9 Å². The Labute approximate surface area is 142 Å². The lowest BCUT2D eigenvalue weighted by molar-refractivity contribution is 0.150. The summed E-state index contributed by atoms with van der Waals surface area (Å²) in [5, 5.41) is 0. The van der Waals surface area contributed by atoms with E-state index in [-0.39, 0.29) is 21.8 Å². The zero-order valence-corrected chi connectivity index (χ0v) is 15.1. The van der Waals surface area contributed by atoms with Crippen LogP contribution in [0.5, 0.6) is 0 Å². The Balaban J connectivity index is 2.42. The first-order valence-electron chi connectivity index (χ1n) is 6.66. The summed E-state index contributed by atoms with van der Waals surface area (Å²) in [5.74, 6) is 0.00798. The van der Waals surface area contributed by atoms with Crippen LogP contribution in [0.25, 0.3) is 0 Å². The highest BCUT2D eigenvalue weighted by molar-refractivity contribution is 9.10. The monoisotopic (exact) mass is 404 g/mol. The van der Waals surface area contributed by atoms with Crippen LogP contribution in [0.3, 0.4) is 0 Å². The SMILES string of the molecule is Cc1cc(NS(=O)(=O)c2c(C)cc(Br)cc2C)ncc1C(F)F. The van der Waals surface area contributed by atoms with E-state index in [1.54, 1.807) is 26.0 Å². The number of halogens is 3. The van der Waals surface area contributed by atoms with Crippen molar-refractivity contribution >= 4 is 31.8 Å². The lowest BCUT2D eigenvalue weighted by Gasteiger charge is -2.14. The number of anilines is 1. The van der Waals surface area contributed by atoms with E-state index in [1.165, 1.54) is 13.0 Å². The second-order valence-corrected chi connectivity index (χ2v) is 7.74. The number of rotatable bonds is 4. The van der Waals surface area contributed by atoms with Gasteiger partial charge in [0.05, 0.1) is 4.90 Å². The molecule has 0 radical (unpaired) electrons. The molecule has 1 aromatic heterocycles. The van der Waals surface area contributed by atoms with Crippen molar-refractivity contribution in [3.8, 4) is 0 Å². The molecule has 0 bridgehead atoms. The number of alkyl halides is 2. The van der Waals surface area contributed by atoms with Crippen molar-refractivity contribution in [2.75, 3.05) is 4.72 Å². The Bertz CT molecular complexity index is 832. The van der Waals surface area contributed by atoms with E-state index in [4.69, 9.17) is 0 Å². The molecule has 0 amide bonds. The Kier molecular flexibility index (Phi) is 5.05. The maximum absolute atomic E-state index is 12.7. The zero-order chi connectivity index (χ0) is 17.4. The highest BCUT2D eigenvalue weighted by Crippen LogP contribution is 2.27. The van der Waals surface area contributed by atoms with Crippen molar-refractivity contribution in [3.05, 3.63) is 51.1 Å². The van der Waals surface area contributed by atoms with E-state index in [0.29, 0.717) is 11.1 Å². The van der Waals surface area contributed by atoms with E-state index < -0.39 is 16.4 Å². The van der Waals surface area contributed by atoms with Crippen LogP contribution < -0.4 is 4.72 Å². The van der Waals surface area contributed by atoms with Crippen molar-refractivity contribution < 1.29 is 17.2 Å². The third kappa shape index (κ3) is 3.87. The summed E-state index contributed by atoms with van der Waals surface area (Å²) in [6.45, 7) is 4.85. The third-order valence-corrected chi connectivity index (χ3v) is 5.44. The molecule has 1 aromatic carbocycles. The summed E-state index contributed by atoms with van der Waals surface area (Å²) in [7, 11) is -3.86.